The molecule has 0 radical (unpaired) electrons. The van der Waals surface area contributed by atoms with Gasteiger partial charge in [-0.1, -0.05) is 38.1 Å². The molecule has 0 saturated heterocycles. The minimum atomic E-state index is 0.128. The van der Waals surface area contributed by atoms with E-state index in [4.69, 9.17) is 4.74 Å². The zero-order chi connectivity index (χ0) is 10.2. The highest BCUT2D eigenvalue weighted by atomic mass is 16.5. The van der Waals surface area contributed by atoms with Crippen LogP contribution in [0, 0.1) is 5.41 Å². The monoisotopic (exact) mass is 188 g/mol. The molecule has 0 aromatic heterocycles. The molecule has 0 unspecified atom stereocenters. The Hall–Kier alpha value is -1.24. The predicted octanol–water partition coefficient (Wildman–Crippen LogP) is 3.51. The summed E-state index contributed by atoms with van der Waals surface area (Å²) in [5.41, 5.74) is 2.66. The lowest BCUT2D eigenvalue weighted by Crippen LogP contribution is -2.17. The van der Waals surface area contributed by atoms with Gasteiger partial charge >= 0.3 is 0 Å². The molecule has 1 nitrogen and oxygen atoms in total. The Balaban J connectivity index is 2.50. The van der Waals surface area contributed by atoms with Gasteiger partial charge in [0.1, 0.15) is 5.75 Å². The predicted molar refractivity (Wildman–Crippen MR) is 59.4 cm³/mol. The molecule has 1 heteroatoms. The van der Waals surface area contributed by atoms with Crippen molar-refractivity contribution in [2.75, 3.05) is 6.61 Å². The number of allylic oxidation sites excluding steroid dienone is 1. The third-order valence-corrected chi connectivity index (χ3v) is 2.52. The molecule has 1 aliphatic rings. The first-order valence-corrected chi connectivity index (χ1v) is 5.00. The quantitative estimate of drug-likeness (QED) is 0.605. The fourth-order valence-electron chi connectivity index (χ4n) is 1.89. The first-order valence-electron chi connectivity index (χ1n) is 5.00. The van der Waals surface area contributed by atoms with Gasteiger partial charge in [-0.15, -0.1) is 0 Å². The van der Waals surface area contributed by atoms with E-state index in [-0.39, 0.29) is 5.41 Å². The van der Waals surface area contributed by atoms with Crippen LogP contribution in [0.25, 0.3) is 5.57 Å². The van der Waals surface area contributed by atoms with Crippen LogP contribution in [-0.2, 0) is 0 Å². The highest BCUT2D eigenvalue weighted by Crippen LogP contribution is 2.34. The van der Waals surface area contributed by atoms with Crippen molar-refractivity contribution in [3.05, 3.63) is 35.9 Å². The zero-order valence-electron chi connectivity index (χ0n) is 9.00. The van der Waals surface area contributed by atoms with Crippen molar-refractivity contribution in [3.8, 4) is 5.75 Å². The number of fused-ring (bicyclic) bond motifs is 1. The van der Waals surface area contributed by atoms with Gasteiger partial charge in [-0.05, 0) is 18.6 Å². The van der Waals surface area contributed by atoms with Crippen LogP contribution in [0.15, 0.2) is 30.3 Å². The van der Waals surface area contributed by atoms with E-state index >= 15 is 0 Å². The number of rotatable bonds is 0. The van der Waals surface area contributed by atoms with E-state index in [9.17, 15) is 0 Å². The van der Waals surface area contributed by atoms with Crippen molar-refractivity contribution < 1.29 is 4.74 Å². The summed E-state index contributed by atoms with van der Waals surface area (Å²) in [7, 11) is 0. The summed E-state index contributed by atoms with van der Waals surface area (Å²) in [4.78, 5) is 0. The maximum Gasteiger partial charge on any atom is 0.126 e. The van der Waals surface area contributed by atoms with E-state index in [1.54, 1.807) is 0 Å². The average molecular weight is 188 g/mol. The maximum atomic E-state index is 5.78. The maximum absolute atomic E-state index is 5.78. The van der Waals surface area contributed by atoms with Crippen molar-refractivity contribution in [3.63, 3.8) is 0 Å². The third kappa shape index (κ3) is 1.67. The lowest BCUT2D eigenvalue weighted by atomic mass is 9.91. The summed E-state index contributed by atoms with van der Waals surface area (Å²) in [6.45, 7) is 7.29. The van der Waals surface area contributed by atoms with Gasteiger partial charge in [-0.2, -0.15) is 0 Å². The molecule has 2 rings (SSSR count). The summed E-state index contributed by atoms with van der Waals surface area (Å²) in [5.74, 6) is 1.01. The Labute approximate surface area is 85.4 Å². The Morgan fingerprint density at radius 1 is 1.21 bits per heavy atom. The van der Waals surface area contributed by atoms with Gasteiger partial charge in [0.2, 0.25) is 0 Å². The van der Waals surface area contributed by atoms with Crippen LogP contribution in [0.2, 0.25) is 0 Å². The van der Waals surface area contributed by atoms with Gasteiger partial charge in [-0.3, -0.25) is 0 Å². The molecular formula is C13H16O. The minimum absolute atomic E-state index is 0.128. The fraction of sp³-hybridized carbons (Fsp3) is 0.385. The lowest BCUT2D eigenvalue weighted by molar-refractivity contribution is 0.225. The molecular weight excluding hydrogens is 172 g/mol. The van der Waals surface area contributed by atoms with Gasteiger partial charge in [-0.25, -0.2) is 0 Å². The van der Waals surface area contributed by atoms with Crippen LogP contribution in [0.1, 0.15) is 26.3 Å². The van der Waals surface area contributed by atoms with Gasteiger partial charge in [0, 0.05) is 11.0 Å². The van der Waals surface area contributed by atoms with Crippen molar-refractivity contribution in [2.24, 2.45) is 5.41 Å². The van der Waals surface area contributed by atoms with E-state index in [0.717, 1.165) is 12.4 Å². The Kier molecular flexibility index (Phi) is 2.10. The topological polar surface area (TPSA) is 9.23 Å². The van der Waals surface area contributed by atoms with Crippen LogP contribution in [0.4, 0.5) is 0 Å². The molecule has 0 fully saturated rings. The van der Waals surface area contributed by atoms with Crippen molar-refractivity contribution in [1.82, 2.24) is 0 Å². The van der Waals surface area contributed by atoms with E-state index in [1.165, 1.54) is 11.1 Å². The zero-order valence-corrected chi connectivity index (χ0v) is 9.00. The minimum Gasteiger partial charge on any atom is -0.492 e. The molecule has 1 aromatic carbocycles. The molecule has 0 saturated carbocycles. The number of benzene rings is 1. The van der Waals surface area contributed by atoms with E-state index in [1.807, 2.05) is 12.1 Å². The molecule has 0 atom stereocenters. The SMILES string of the molecule is CC1=CC(C)(C)COc2ccccc21. The number of hydrogen-bond acceptors (Lipinski definition) is 1. The highest BCUT2D eigenvalue weighted by molar-refractivity contribution is 5.70. The van der Waals surface area contributed by atoms with Crippen molar-refractivity contribution in [1.29, 1.82) is 0 Å². The molecule has 0 N–H and O–H groups in total. The summed E-state index contributed by atoms with van der Waals surface area (Å²) in [6.07, 6.45) is 2.29. The molecule has 1 aromatic rings. The Morgan fingerprint density at radius 3 is 2.71 bits per heavy atom. The van der Waals surface area contributed by atoms with Gasteiger partial charge < -0.3 is 4.74 Å². The van der Waals surface area contributed by atoms with E-state index in [2.05, 4.69) is 39.0 Å². The first kappa shape index (κ1) is 9.32. The summed E-state index contributed by atoms with van der Waals surface area (Å²) < 4.78 is 5.78. The summed E-state index contributed by atoms with van der Waals surface area (Å²) in [6, 6.07) is 8.22. The molecule has 1 aliphatic heterocycles. The second kappa shape index (κ2) is 3.16. The molecule has 0 spiro atoms. The number of para-hydroxylation sites is 1. The van der Waals surface area contributed by atoms with Crippen LogP contribution in [0.5, 0.6) is 5.75 Å². The van der Waals surface area contributed by atoms with Crippen molar-refractivity contribution >= 4 is 5.57 Å². The van der Waals surface area contributed by atoms with Crippen LogP contribution in [-0.4, -0.2) is 6.61 Å². The smallest absolute Gasteiger partial charge is 0.126 e. The molecule has 1 heterocycles. The van der Waals surface area contributed by atoms with Crippen LogP contribution >= 0.6 is 0 Å². The lowest BCUT2D eigenvalue weighted by Gasteiger charge is -2.18. The van der Waals surface area contributed by atoms with Gasteiger partial charge in [0.25, 0.3) is 0 Å². The van der Waals surface area contributed by atoms with Gasteiger partial charge in [0.15, 0.2) is 0 Å². The molecule has 74 valence electrons. The third-order valence-electron chi connectivity index (χ3n) is 2.52. The van der Waals surface area contributed by atoms with E-state index < -0.39 is 0 Å². The molecule has 0 amide bonds. The summed E-state index contributed by atoms with van der Waals surface area (Å²) >= 11 is 0. The Bertz CT molecular complexity index is 375. The Morgan fingerprint density at radius 2 is 1.93 bits per heavy atom. The molecule has 0 aliphatic carbocycles. The average Bonchev–Trinajstić information content (AvgIpc) is 2.24. The van der Waals surface area contributed by atoms with Gasteiger partial charge in [0.05, 0.1) is 6.61 Å². The standard InChI is InChI=1S/C13H16O/c1-10-8-13(2,3)9-14-12-7-5-4-6-11(10)12/h4-8H,9H2,1-3H3. The second-order valence-electron chi connectivity index (χ2n) is 4.60. The normalized spacial score (nSPS) is 18.9. The largest absolute Gasteiger partial charge is 0.492 e. The molecule has 0 bridgehead atoms. The van der Waals surface area contributed by atoms with E-state index in [0.29, 0.717) is 0 Å². The van der Waals surface area contributed by atoms with Crippen molar-refractivity contribution in [2.45, 2.75) is 20.8 Å². The number of hydrogen-bond donors (Lipinski definition) is 0. The second-order valence-corrected chi connectivity index (χ2v) is 4.60. The first-order chi connectivity index (χ1) is 6.58. The number of ether oxygens (including phenoxy) is 1. The summed E-state index contributed by atoms with van der Waals surface area (Å²) in [5, 5.41) is 0. The molecule has 14 heavy (non-hydrogen) atoms. The van der Waals surface area contributed by atoms with Crippen LogP contribution in [0.3, 0.4) is 0 Å². The fourth-order valence-corrected chi connectivity index (χ4v) is 1.89. The van der Waals surface area contributed by atoms with Crippen LogP contribution < -0.4 is 4.74 Å². The highest BCUT2D eigenvalue weighted by Gasteiger charge is 2.21.